The highest BCUT2D eigenvalue weighted by Crippen LogP contribution is 2.18. The van der Waals surface area contributed by atoms with E-state index < -0.39 is 5.82 Å². The SMILES string of the molecule is NCc1ncn2cc(F)c(Cl)cc12. The normalized spacial score (nSPS) is 11.0. The first-order valence-corrected chi connectivity index (χ1v) is 4.11. The Bertz CT molecular complexity index is 452. The number of rotatable bonds is 1. The number of imidazole rings is 1. The molecule has 3 nitrogen and oxygen atoms in total. The van der Waals surface area contributed by atoms with Gasteiger partial charge in [-0.2, -0.15) is 0 Å². The van der Waals surface area contributed by atoms with E-state index in [4.69, 9.17) is 17.3 Å². The fraction of sp³-hybridized carbons (Fsp3) is 0.125. The zero-order valence-electron chi connectivity index (χ0n) is 6.67. The molecule has 0 unspecified atom stereocenters. The largest absolute Gasteiger partial charge is 0.325 e. The Labute approximate surface area is 78.9 Å². The summed E-state index contributed by atoms with van der Waals surface area (Å²) < 4.78 is 14.5. The van der Waals surface area contributed by atoms with E-state index >= 15 is 0 Å². The molecule has 0 aromatic carbocycles. The Morgan fingerprint density at radius 1 is 1.62 bits per heavy atom. The van der Waals surface area contributed by atoms with Gasteiger partial charge < -0.3 is 10.1 Å². The third kappa shape index (κ3) is 1.28. The van der Waals surface area contributed by atoms with Crippen molar-refractivity contribution in [1.82, 2.24) is 9.38 Å². The van der Waals surface area contributed by atoms with Crippen molar-refractivity contribution in [2.75, 3.05) is 0 Å². The van der Waals surface area contributed by atoms with Gasteiger partial charge in [0.15, 0.2) is 5.82 Å². The summed E-state index contributed by atoms with van der Waals surface area (Å²) in [6.45, 7) is 0.318. The van der Waals surface area contributed by atoms with Gasteiger partial charge >= 0.3 is 0 Å². The van der Waals surface area contributed by atoms with Crippen LogP contribution in [0.5, 0.6) is 0 Å². The van der Waals surface area contributed by atoms with Crippen LogP contribution in [0.25, 0.3) is 5.52 Å². The molecule has 0 saturated carbocycles. The van der Waals surface area contributed by atoms with Crippen LogP contribution in [-0.2, 0) is 6.54 Å². The van der Waals surface area contributed by atoms with Crippen molar-refractivity contribution in [3.63, 3.8) is 0 Å². The van der Waals surface area contributed by atoms with Crippen LogP contribution in [0.3, 0.4) is 0 Å². The molecule has 2 rings (SSSR count). The number of hydrogen-bond donors (Lipinski definition) is 1. The molecule has 2 aromatic rings. The van der Waals surface area contributed by atoms with Crippen LogP contribution in [0.15, 0.2) is 18.6 Å². The summed E-state index contributed by atoms with van der Waals surface area (Å²) in [5.41, 5.74) is 6.89. The van der Waals surface area contributed by atoms with Crippen LogP contribution >= 0.6 is 11.6 Å². The van der Waals surface area contributed by atoms with E-state index in [0.717, 1.165) is 5.52 Å². The summed E-state index contributed by atoms with van der Waals surface area (Å²) >= 11 is 5.62. The van der Waals surface area contributed by atoms with Crippen LogP contribution in [0.1, 0.15) is 5.69 Å². The topological polar surface area (TPSA) is 43.3 Å². The lowest BCUT2D eigenvalue weighted by Gasteiger charge is -1.97. The fourth-order valence-corrected chi connectivity index (χ4v) is 1.35. The second-order valence-corrected chi connectivity index (χ2v) is 3.06. The molecule has 0 fully saturated rings. The average Bonchev–Trinajstić information content (AvgIpc) is 2.48. The zero-order valence-corrected chi connectivity index (χ0v) is 7.42. The maximum Gasteiger partial charge on any atom is 0.158 e. The Balaban J connectivity index is 2.77. The van der Waals surface area contributed by atoms with Gasteiger partial charge in [-0.3, -0.25) is 0 Å². The van der Waals surface area contributed by atoms with E-state index in [0.29, 0.717) is 12.2 Å². The van der Waals surface area contributed by atoms with E-state index in [9.17, 15) is 4.39 Å². The number of pyridine rings is 1. The molecule has 0 aliphatic rings. The van der Waals surface area contributed by atoms with Gasteiger partial charge in [-0.05, 0) is 6.07 Å². The highest BCUT2D eigenvalue weighted by atomic mass is 35.5. The van der Waals surface area contributed by atoms with E-state index in [-0.39, 0.29) is 5.02 Å². The number of fused-ring (bicyclic) bond motifs is 1. The molecule has 2 N–H and O–H groups in total. The van der Waals surface area contributed by atoms with Gasteiger partial charge in [-0.1, -0.05) is 11.6 Å². The number of nitrogens with zero attached hydrogens (tertiary/aromatic N) is 2. The zero-order chi connectivity index (χ0) is 9.42. The highest BCUT2D eigenvalue weighted by Gasteiger charge is 2.06. The molecule has 2 aromatic heterocycles. The molecule has 0 atom stereocenters. The van der Waals surface area contributed by atoms with Crippen molar-refractivity contribution in [2.24, 2.45) is 5.73 Å². The molecule has 13 heavy (non-hydrogen) atoms. The maximum absolute atomic E-state index is 13.0. The summed E-state index contributed by atoms with van der Waals surface area (Å²) in [5.74, 6) is -0.463. The van der Waals surface area contributed by atoms with Crippen LogP contribution in [0.4, 0.5) is 4.39 Å². The average molecular weight is 200 g/mol. The predicted octanol–water partition coefficient (Wildman–Crippen LogP) is 1.59. The fourth-order valence-electron chi connectivity index (χ4n) is 1.20. The van der Waals surface area contributed by atoms with Crippen LogP contribution < -0.4 is 5.73 Å². The van der Waals surface area contributed by atoms with Gasteiger partial charge in [-0.25, -0.2) is 9.37 Å². The number of aromatic nitrogens is 2. The summed E-state index contributed by atoms with van der Waals surface area (Å²) in [6.07, 6.45) is 2.79. The highest BCUT2D eigenvalue weighted by molar-refractivity contribution is 6.31. The van der Waals surface area contributed by atoms with E-state index in [1.165, 1.54) is 18.6 Å². The molecule has 0 saturated heterocycles. The molecular weight excluding hydrogens is 193 g/mol. The lowest BCUT2D eigenvalue weighted by molar-refractivity contribution is 0.619. The maximum atomic E-state index is 13.0. The first kappa shape index (κ1) is 8.47. The van der Waals surface area contributed by atoms with Crippen molar-refractivity contribution in [2.45, 2.75) is 6.54 Å². The molecule has 0 aliphatic carbocycles. The molecule has 2 heterocycles. The van der Waals surface area contributed by atoms with Gasteiger partial charge in [-0.15, -0.1) is 0 Å². The first-order chi connectivity index (χ1) is 6.22. The number of halogens is 2. The molecule has 0 radical (unpaired) electrons. The minimum atomic E-state index is -0.463. The van der Waals surface area contributed by atoms with Gasteiger partial charge in [0.1, 0.15) is 0 Å². The third-order valence-electron chi connectivity index (χ3n) is 1.85. The Morgan fingerprint density at radius 2 is 2.38 bits per heavy atom. The standard InChI is InChI=1S/C8H7ClFN3/c9-5-1-8-7(2-11)12-4-13(8)3-6(5)10/h1,3-4H,2,11H2. The van der Waals surface area contributed by atoms with Crippen LogP contribution in [-0.4, -0.2) is 9.38 Å². The summed E-state index contributed by atoms with van der Waals surface area (Å²) in [5, 5.41) is 0.0858. The molecular formula is C8H7ClFN3. The summed E-state index contributed by atoms with van der Waals surface area (Å²) in [4.78, 5) is 4.01. The molecule has 5 heteroatoms. The Hall–Kier alpha value is -1.13. The van der Waals surface area contributed by atoms with Gasteiger partial charge in [0.25, 0.3) is 0 Å². The second-order valence-electron chi connectivity index (χ2n) is 2.66. The van der Waals surface area contributed by atoms with Crippen LogP contribution in [0.2, 0.25) is 5.02 Å². The Kier molecular flexibility index (Phi) is 1.94. The van der Waals surface area contributed by atoms with Gasteiger partial charge in [0, 0.05) is 12.7 Å². The van der Waals surface area contributed by atoms with Crippen molar-refractivity contribution in [1.29, 1.82) is 0 Å². The summed E-state index contributed by atoms with van der Waals surface area (Å²) in [6, 6.07) is 1.52. The quantitative estimate of drug-likeness (QED) is 0.758. The number of hydrogen-bond acceptors (Lipinski definition) is 2. The van der Waals surface area contributed by atoms with Crippen molar-refractivity contribution in [3.05, 3.63) is 35.1 Å². The van der Waals surface area contributed by atoms with Crippen molar-refractivity contribution in [3.8, 4) is 0 Å². The van der Waals surface area contributed by atoms with Crippen molar-refractivity contribution < 1.29 is 4.39 Å². The van der Waals surface area contributed by atoms with Gasteiger partial charge in [0.05, 0.1) is 22.6 Å². The molecule has 0 spiro atoms. The number of nitrogens with two attached hydrogens (primary N) is 1. The lowest BCUT2D eigenvalue weighted by Crippen LogP contribution is -1.97. The predicted molar refractivity (Wildman–Crippen MR) is 48.1 cm³/mol. The summed E-state index contributed by atoms with van der Waals surface area (Å²) in [7, 11) is 0. The minimum Gasteiger partial charge on any atom is -0.325 e. The van der Waals surface area contributed by atoms with E-state index in [2.05, 4.69) is 4.98 Å². The molecule has 68 valence electrons. The smallest absolute Gasteiger partial charge is 0.158 e. The van der Waals surface area contributed by atoms with E-state index in [1.807, 2.05) is 0 Å². The molecule has 0 bridgehead atoms. The lowest BCUT2D eigenvalue weighted by atomic mass is 10.3. The molecule has 0 aliphatic heterocycles. The van der Waals surface area contributed by atoms with Gasteiger partial charge in [0.2, 0.25) is 0 Å². The monoisotopic (exact) mass is 199 g/mol. The second kappa shape index (κ2) is 2.97. The van der Waals surface area contributed by atoms with Crippen molar-refractivity contribution >= 4 is 17.1 Å². The van der Waals surface area contributed by atoms with E-state index in [1.54, 1.807) is 4.40 Å². The van der Waals surface area contributed by atoms with Crippen LogP contribution in [0, 0.1) is 5.82 Å². The third-order valence-corrected chi connectivity index (χ3v) is 2.14. The first-order valence-electron chi connectivity index (χ1n) is 3.73. The minimum absolute atomic E-state index is 0.0858. The molecule has 0 amide bonds. The Morgan fingerprint density at radius 3 is 3.08 bits per heavy atom.